The van der Waals surface area contributed by atoms with Crippen LogP contribution in [0.2, 0.25) is 0 Å². The SMILES string of the molecule is CCC(=O)N1CCCC(C(=O)NCC2(c3ccc(OC)cc3)CCCCC2)C1. The number of carbonyl (C=O) groups excluding carboxylic acids is 2. The number of rotatable bonds is 6. The molecule has 154 valence electrons. The number of nitrogens with one attached hydrogen (secondary N) is 1. The highest BCUT2D eigenvalue weighted by molar-refractivity contribution is 5.81. The number of hydrogen-bond acceptors (Lipinski definition) is 3. The molecule has 5 nitrogen and oxygen atoms in total. The standard InChI is InChI=1S/C23H34N2O3/c1-3-21(26)25-15-7-8-18(16-25)22(27)24-17-23(13-5-4-6-14-23)19-9-11-20(28-2)12-10-19/h9-12,18H,3-8,13-17H2,1-2H3,(H,24,27). The third kappa shape index (κ3) is 4.68. The fourth-order valence-corrected chi connectivity index (χ4v) is 4.78. The van der Waals surface area contributed by atoms with E-state index < -0.39 is 0 Å². The average molecular weight is 387 g/mol. The Morgan fingerprint density at radius 2 is 1.86 bits per heavy atom. The molecule has 1 aliphatic carbocycles. The Morgan fingerprint density at radius 3 is 2.50 bits per heavy atom. The molecule has 1 saturated heterocycles. The van der Waals surface area contributed by atoms with Gasteiger partial charge in [-0.15, -0.1) is 0 Å². The van der Waals surface area contributed by atoms with Crippen molar-refractivity contribution in [3.8, 4) is 5.75 Å². The van der Waals surface area contributed by atoms with Crippen molar-refractivity contribution in [2.75, 3.05) is 26.7 Å². The van der Waals surface area contributed by atoms with E-state index in [0.29, 0.717) is 19.5 Å². The first-order chi connectivity index (χ1) is 13.6. The molecule has 1 aliphatic heterocycles. The molecule has 1 N–H and O–H groups in total. The maximum Gasteiger partial charge on any atom is 0.224 e. The zero-order valence-electron chi connectivity index (χ0n) is 17.3. The summed E-state index contributed by atoms with van der Waals surface area (Å²) in [6, 6.07) is 8.34. The van der Waals surface area contributed by atoms with Crippen molar-refractivity contribution in [2.45, 2.75) is 63.7 Å². The van der Waals surface area contributed by atoms with E-state index in [0.717, 1.165) is 38.0 Å². The number of piperidine rings is 1. The van der Waals surface area contributed by atoms with E-state index in [4.69, 9.17) is 4.74 Å². The van der Waals surface area contributed by atoms with Gasteiger partial charge in [0.05, 0.1) is 13.0 Å². The molecule has 1 saturated carbocycles. The monoisotopic (exact) mass is 386 g/mol. The van der Waals surface area contributed by atoms with Crippen LogP contribution in [0.25, 0.3) is 0 Å². The topological polar surface area (TPSA) is 58.6 Å². The van der Waals surface area contributed by atoms with Gasteiger partial charge in [0.15, 0.2) is 0 Å². The first kappa shape index (κ1) is 20.7. The third-order valence-corrected chi connectivity index (χ3v) is 6.56. The van der Waals surface area contributed by atoms with Crippen molar-refractivity contribution in [3.63, 3.8) is 0 Å². The molecule has 3 rings (SSSR count). The number of likely N-dealkylation sites (tertiary alicyclic amines) is 1. The molecular weight excluding hydrogens is 352 g/mol. The second kappa shape index (κ2) is 9.44. The Labute approximate surface area is 168 Å². The number of benzene rings is 1. The van der Waals surface area contributed by atoms with E-state index in [1.54, 1.807) is 7.11 Å². The molecule has 28 heavy (non-hydrogen) atoms. The van der Waals surface area contributed by atoms with Crippen LogP contribution in [0.4, 0.5) is 0 Å². The molecule has 1 aromatic rings. The van der Waals surface area contributed by atoms with Gasteiger partial charge < -0.3 is 15.0 Å². The van der Waals surface area contributed by atoms with Gasteiger partial charge in [0.2, 0.25) is 11.8 Å². The van der Waals surface area contributed by atoms with Crippen molar-refractivity contribution in [1.82, 2.24) is 10.2 Å². The predicted octanol–water partition coefficient (Wildman–Crippen LogP) is 3.66. The number of carbonyl (C=O) groups is 2. The first-order valence-electron chi connectivity index (χ1n) is 10.8. The second-order valence-corrected chi connectivity index (χ2v) is 8.32. The van der Waals surface area contributed by atoms with Gasteiger partial charge in [0.25, 0.3) is 0 Å². The summed E-state index contributed by atoms with van der Waals surface area (Å²) in [5.41, 5.74) is 1.30. The number of methoxy groups -OCH3 is 1. The Bertz CT molecular complexity index is 665. The third-order valence-electron chi connectivity index (χ3n) is 6.56. The number of nitrogens with zero attached hydrogens (tertiary/aromatic N) is 1. The van der Waals surface area contributed by atoms with E-state index >= 15 is 0 Å². The fraction of sp³-hybridized carbons (Fsp3) is 0.652. The van der Waals surface area contributed by atoms with Crippen LogP contribution in [-0.4, -0.2) is 43.5 Å². The second-order valence-electron chi connectivity index (χ2n) is 8.32. The lowest BCUT2D eigenvalue weighted by Crippen LogP contribution is -2.48. The van der Waals surface area contributed by atoms with Crippen molar-refractivity contribution < 1.29 is 14.3 Å². The Balaban J connectivity index is 1.66. The lowest BCUT2D eigenvalue weighted by atomic mass is 9.69. The van der Waals surface area contributed by atoms with E-state index in [9.17, 15) is 9.59 Å². The molecule has 0 aromatic heterocycles. The van der Waals surface area contributed by atoms with Crippen LogP contribution in [0, 0.1) is 5.92 Å². The minimum atomic E-state index is -0.0826. The van der Waals surface area contributed by atoms with E-state index in [1.807, 2.05) is 24.0 Å². The summed E-state index contributed by atoms with van der Waals surface area (Å²) in [5, 5.41) is 3.26. The molecular formula is C23H34N2O3. The Kier molecular flexibility index (Phi) is 6.97. The highest BCUT2D eigenvalue weighted by Crippen LogP contribution is 2.39. The van der Waals surface area contributed by atoms with Gasteiger partial charge in [-0.1, -0.05) is 38.3 Å². The highest BCUT2D eigenvalue weighted by Gasteiger charge is 2.35. The van der Waals surface area contributed by atoms with Gasteiger partial charge in [-0.05, 0) is 43.4 Å². The van der Waals surface area contributed by atoms with Crippen molar-refractivity contribution in [3.05, 3.63) is 29.8 Å². The Hall–Kier alpha value is -2.04. The van der Waals surface area contributed by atoms with Crippen LogP contribution in [0.5, 0.6) is 5.75 Å². The largest absolute Gasteiger partial charge is 0.497 e. The van der Waals surface area contributed by atoms with E-state index in [2.05, 4.69) is 17.4 Å². The molecule has 1 unspecified atom stereocenters. The number of ether oxygens (including phenoxy) is 1. The molecule has 1 aromatic carbocycles. The molecule has 1 heterocycles. The molecule has 1 atom stereocenters. The van der Waals surface area contributed by atoms with Crippen molar-refractivity contribution in [2.24, 2.45) is 5.92 Å². The zero-order valence-corrected chi connectivity index (χ0v) is 17.3. The zero-order chi connectivity index (χ0) is 20.0. The summed E-state index contributed by atoms with van der Waals surface area (Å²) < 4.78 is 5.30. The van der Waals surface area contributed by atoms with Crippen LogP contribution in [-0.2, 0) is 15.0 Å². The Morgan fingerprint density at radius 1 is 1.14 bits per heavy atom. The quantitative estimate of drug-likeness (QED) is 0.812. The maximum atomic E-state index is 12.9. The van der Waals surface area contributed by atoms with Gasteiger partial charge in [-0.25, -0.2) is 0 Å². The molecule has 0 spiro atoms. The normalized spacial score (nSPS) is 21.8. The summed E-state index contributed by atoms with van der Waals surface area (Å²) in [6.07, 6.45) is 8.16. The van der Waals surface area contributed by atoms with Gasteiger partial charge in [0.1, 0.15) is 5.75 Å². The highest BCUT2D eigenvalue weighted by atomic mass is 16.5. The molecule has 2 amide bonds. The number of hydrogen-bond donors (Lipinski definition) is 1. The minimum absolute atomic E-state index is 0.00771. The van der Waals surface area contributed by atoms with Gasteiger partial charge in [0, 0.05) is 31.5 Å². The predicted molar refractivity (Wildman–Crippen MR) is 110 cm³/mol. The number of amides is 2. The summed E-state index contributed by atoms with van der Waals surface area (Å²) in [6.45, 7) is 3.91. The fourth-order valence-electron chi connectivity index (χ4n) is 4.78. The lowest BCUT2D eigenvalue weighted by Gasteiger charge is -2.39. The molecule has 0 bridgehead atoms. The van der Waals surface area contributed by atoms with E-state index in [-0.39, 0.29) is 23.1 Å². The van der Waals surface area contributed by atoms with Gasteiger partial charge in [-0.2, -0.15) is 0 Å². The van der Waals surface area contributed by atoms with Crippen LogP contribution < -0.4 is 10.1 Å². The molecule has 2 aliphatic rings. The smallest absolute Gasteiger partial charge is 0.224 e. The van der Waals surface area contributed by atoms with Crippen LogP contribution in [0.1, 0.15) is 63.9 Å². The maximum absolute atomic E-state index is 12.9. The summed E-state index contributed by atoms with van der Waals surface area (Å²) in [4.78, 5) is 26.8. The summed E-state index contributed by atoms with van der Waals surface area (Å²) in [5.74, 6) is 1.04. The minimum Gasteiger partial charge on any atom is -0.497 e. The molecule has 0 radical (unpaired) electrons. The van der Waals surface area contributed by atoms with Crippen LogP contribution in [0.3, 0.4) is 0 Å². The summed E-state index contributed by atoms with van der Waals surface area (Å²) in [7, 11) is 1.68. The van der Waals surface area contributed by atoms with Crippen LogP contribution >= 0.6 is 0 Å². The van der Waals surface area contributed by atoms with Crippen molar-refractivity contribution >= 4 is 11.8 Å². The average Bonchev–Trinajstić information content (AvgIpc) is 2.77. The molecule has 2 fully saturated rings. The van der Waals surface area contributed by atoms with Crippen LogP contribution in [0.15, 0.2) is 24.3 Å². The molecule has 5 heteroatoms. The van der Waals surface area contributed by atoms with Gasteiger partial charge >= 0.3 is 0 Å². The first-order valence-corrected chi connectivity index (χ1v) is 10.8. The van der Waals surface area contributed by atoms with Crippen molar-refractivity contribution in [1.29, 1.82) is 0 Å². The van der Waals surface area contributed by atoms with Gasteiger partial charge in [-0.3, -0.25) is 9.59 Å². The lowest BCUT2D eigenvalue weighted by molar-refractivity contribution is -0.135. The van der Waals surface area contributed by atoms with E-state index in [1.165, 1.54) is 24.8 Å². The summed E-state index contributed by atoms with van der Waals surface area (Å²) >= 11 is 0.